The molecule has 0 aliphatic heterocycles. The highest BCUT2D eigenvalue weighted by Gasteiger charge is 2.24. The monoisotopic (exact) mass is 315 g/mol. The summed E-state index contributed by atoms with van der Waals surface area (Å²) in [5.41, 5.74) is 1.11. The van der Waals surface area contributed by atoms with Gasteiger partial charge in [-0.25, -0.2) is 0 Å². The first-order chi connectivity index (χ1) is 11.0. The molecule has 124 valence electrons. The molecule has 0 saturated carbocycles. The zero-order valence-corrected chi connectivity index (χ0v) is 14.3. The van der Waals surface area contributed by atoms with Gasteiger partial charge in [-0.3, -0.25) is 4.79 Å². The molecule has 4 nitrogen and oxygen atoms in total. The molecule has 1 N–H and O–H groups in total. The zero-order chi connectivity index (χ0) is 16.8. The van der Waals surface area contributed by atoms with E-state index < -0.39 is 6.10 Å². The summed E-state index contributed by atoms with van der Waals surface area (Å²) in [5, 5.41) is 2.93. The topological polar surface area (TPSA) is 51.5 Å². The molecule has 0 saturated heterocycles. The van der Waals surface area contributed by atoms with Crippen LogP contribution in [0.3, 0.4) is 0 Å². The Balaban J connectivity index is 1.90. The van der Waals surface area contributed by atoms with Crippen molar-refractivity contribution >= 4 is 5.91 Å². The maximum atomic E-state index is 12.4. The Bertz CT molecular complexity index is 646. The second-order valence-electron chi connectivity index (χ2n) is 6.15. The van der Waals surface area contributed by atoms with Gasteiger partial charge in [-0.05, 0) is 49.6 Å². The van der Waals surface area contributed by atoms with Gasteiger partial charge in [0.1, 0.15) is 17.3 Å². The van der Waals surface area contributed by atoms with E-state index in [1.165, 1.54) is 0 Å². The summed E-state index contributed by atoms with van der Waals surface area (Å²) >= 11 is 0. The highest BCUT2D eigenvalue weighted by molar-refractivity contribution is 5.81. The highest BCUT2D eigenvalue weighted by Crippen LogP contribution is 2.17. The molecule has 4 heteroatoms. The van der Waals surface area contributed by atoms with E-state index in [1.807, 2.05) is 64.1 Å². The number of hydrogen-bond acceptors (Lipinski definition) is 3. The van der Waals surface area contributed by atoms with Gasteiger partial charge in [0.2, 0.25) is 0 Å². The van der Waals surface area contributed by atoms with Crippen LogP contribution in [-0.4, -0.2) is 18.6 Å². The molecule has 0 fully saturated rings. The Kier molecular flexibility index (Phi) is 5.85. The molecular formula is C19H25NO3. The summed E-state index contributed by atoms with van der Waals surface area (Å²) in [5.74, 6) is 2.48. The third-order valence-electron chi connectivity index (χ3n) is 3.58. The molecule has 0 radical (unpaired) electrons. The van der Waals surface area contributed by atoms with E-state index in [0.717, 1.165) is 22.8 Å². The molecule has 1 amide bonds. The van der Waals surface area contributed by atoms with Gasteiger partial charge in [-0.15, -0.1) is 0 Å². The van der Waals surface area contributed by atoms with Gasteiger partial charge >= 0.3 is 0 Å². The first-order valence-corrected chi connectivity index (χ1v) is 8.02. The van der Waals surface area contributed by atoms with E-state index in [1.54, 1.807) is 0 Å². The fourth-order valence-corrected chi connectivity index (χ4v) is 2.36. The van der Waals surface area contributed by atoms with Crippen LogP contribution in [0.2, 0.25) is 0 Å². The van der Waals surface area contributed by atoms with Crippen LogP contribution in [0.4, 0.5) is 0 Å². The molecule has 1 atom stereocenters. The van der Waals surface area contributed by atoms with Gasteiger partial charge in [0.25, 0.3) is 5.91 Å². The minimum atomic E-state index is -0.505. The number of ether oxygens (including phenoxy) is 1. The number of aryl methyl sites for hydroxylation is 2. The van der Waals surface area contributed by atoms with E-state index in [4.69, 9.17) is 9.15 Å². The molecule has 0 aliphatic rings. The zero-order valence-electron chi connectivity index (χ0n) is 14.3. The maximum Gasteiger partial charge on any atom is 0.261 e. The van der Waals surface area contributed by atoms with Gasteiger partial charge in [0, 0.05) is 13.0 Å². The Morgan fingerprint density at radius 1 is 1.22 bits per heavy atom. The van der Waals surface area contributed by atoms with Crippen molar-refractivity contribution in [2.75, 3.05) is 6.54 Å². The number of benzene rings is 1. The van der Waals surface area contributed by atoms with Gasteiger partial charge in [0.05, 0.1) is 0 Å². The van der Waals surface area contributed by atoms with Crippen molar-refractivity contribution < 1.29 is 13.9 Å². The molecule has 0 bridgehead atoms. The van der Waals surface area contributed by atoms with Crippen molar-refractivity contribution in [1.29, 1.82) is 0 Å². The molecule has 2 rings (SSSR count). The Morgan fingerprint density at radius 2 is 2.00 bits per heavy atom. The SMILES string of the molecule is Cc1cccc(OC(C(=O)NCCc2ccc(C)o2)C(C)C)c1. The lowest BCUT2D eigenvalue weighted by atomic mass is 10.1. The standard InChI is InChI=1S/C19H25NO3/c1-13(2)18(23-17-7-5-6-14(3)12-17)19(21)20-11-10-16-9-8-15(4)22-16/h5-9,12-13,18H,10-11H2,1-4H3,(H,20,21). The first-order valence-electron chi connectivity index (χ1n) is 8.02. The van der Waals surface area contributed by atoms with Crippen LogP contribution >= 0.6 is 0 Å². The average molecular weight is 315 g/mol. The highest BCUT2D eigenvalue weighted by atomic mass is 16.5. The maximum absolute atomic E-state index is 12.4. The van der Waals surface area contributed by atoms with Gasteiger partial charge in [-0.1, -0.05) is 26.0 Å². The number of nitrogens with one attached hydrogen (secondary N) is 1. The summed E-state index contributed by atoms with van der Waals surface area (Å²) < 4.78 is 11.4. The molecular weight excluding hydrogens is 290 g/mol. The lowest BCUT2D eigenvalue weighted by molar-refractivity contribution is -0.129. The molecule has 0 spiro atoms. The Labute approximate surface area is 137 Å². The van der Waals surface area contributed by atoms with Crippen LogP contribution in [0.15, 0.2) is 40.8 Å². The lowest BCUT2D eigenvalue weighted by Gasteiger charge is -2.22. The van der Waals surface area contributed by atoms with E-state index in [-0.39, 0.29) is 11.8 Å². The smallest absolute Gasteiger partial charge is 0.261 e. The quantitative estimate of drug-likeness (QED) is 0.848. The van der Waals surface area contributed by atoms with E-state index >= 15 is 0 Å². The molecule has 1 unspecified atom stereocenters. The third-order valence-corrected chi connectivity index (χ3v) is 3.58. The number of rotatable bonds is 7. The largest absolute Gasteiger partial charge is 0.480 e. The number of carbonyl (C=O) groups excluding carboxylic acids is 1. The average Bonchev–Trinajstić information content (AvgIpc) is 2.90. The van der Waals surface area contributed by atoms with Crippen molar-refractivity contribution in [2.24, 2.45) is 5.92 Å². The summed E-state index contributed by atoms with van der Waals surface area (Å²) in [4.78, 5) is 12.4. The van der Waals surface area contributed by atoms with E-state index in [9.17, 15) is 4.79 Å². The minimum absolute atomic E-state index is 0.0846. The Morgan fingerprint density at radius 3 is 2.61 bits per heavy atom. The lowest BCUT2D eigenvalue weighted by Crippen LogP contribution is -2.42. The number of carbonyl (C=O) groups is 1. The fourth-order valence-electron chi connectivity index (χ4n) is 2.36. The molecule has 1 aromatic carbocycles. The molecule has 1 heterocycles. The van der Waals surface area contributed by atoms with Crippen molar-refractivity contribution in [3.8, 4) is 5.75 Å². The van der Waals surface area contributed by atoms with Gasteiger partial charge < -0.3 is 14.5 Å². The molecule has 1 aromatic heterocycles. The van der Waals surface area contributed by atoms with Gasteiger partial charge in [-0.2, -0.15) is 0 Å². The minimum Gasteiger partial charge on any atom is -0.480 e. The predicted octanol–water partition coefficient (Wildman–Crippen LogP) is 3.66. The van der Waals surface area contributed by atoms with E-state index in [2.05, 4.69) is 5.32 Å². The summed E-state index contributed by atoms with van der Waals surface area (Å²) in [6.07, 6.45) is 0.171. The van der Waals surface area contributed by atoms with Crippen LogP contribution in [0, 0.1) is 19.8 Å². The van der Waals surface area contributed by atoms with Crippen LogP contribution in [-0.2, 0) is 11.2 Å². The van der Waals surface area contributed by atoms with Crippen LogP contribution in [0.25, 0.3) is 0 Å². The van der Waals surface area contributed by atoms with Crippen LogP contribution in [0.5, 0.6) is 5.75 Å². The number of amides is 1. The van der Waals surface area contributed by atoms with Gasteiger partial charge in [0.15, 0.2) is 6.10 Å². The number of hydrogen-bond donors (Lipinski definition) is 1. The van der Waals surface area contributed by atoms with Crippen molar-refractivity contribution in [2.45, 2.75) is 40.2 Å². The number of furan rings is 1. The van der Waals surface area contributed by atoms with Crippen molar-refractivity contribution in [1.82, 2.24) is 5.32 Å². The van der Waals surface area contributed by atoms with Crippen LogP contribution < -0.4 is 10.1 Å². The Hall–Kier alpha value is -2.23. The summed E-state index contributed by atoms with van der Waals surface area (Å²) in [6.45, 7) is 8.41. The van der Waals surface area contributed by atoms with E-state index in [0.29, 0.717) is 13.0 Å². The third kappa shape index (κ3) is 5.16. The molecule has 0 aliphatic carbocycles. The van der Waals surface area contributed by atoms with Crippen molar-refractivity contribution in [3.63, 3.8) is 0 Å². The second kappa shape index (κ2) is 7.86. The van der Waals surface area contributed by atoms with Crippen molar-refractivity contribution in [3.05, 3.63) is 53.5 Å². The summed E-state index contributed by atoms with van der Waals surface area (Å²) in [7, 11) is 0. The molecule has 23 heavy (non-hydrogen) atoms. The molecule has 2 aromatic rings. The van der Waals surface area contributed by atoms with Crippen LogP contribution in [0.1, 0.15) is 30.9 Å². The first kappa shape index (κ1) is 17.1. The summed E-state index contributed by atoms with van der Waals surface area (Å²) in [6, 6.07) is 11.6. The normalized spacial score (nSPS) is 12.2. The second-order valence-corrected chi connectivity index (χ2v) is 6.15. The predicted molar refractivity (Wildman–Crippen MR) is 90.6 cm³/mol. The fraction of sp³-hybridized carbons (Fsp3) is 0.421.